The van der Waals surface area contributed by atoms with Crippen LogP contribution in [0.3, 0.4) is 0 Å². The number of imidazole rings is 1. The number of nitrogens with zero attached hydrogens (tertiary/aromatic N) is 3. The lowest BCUT2D eigenvalue weighted by molar-refractivity contribution is -0.0771. The summed E-state index contributed by atoms with van der Waals surface area (Å²) in [5.74, 6) is -0.155. The summed E-state index contributed by atoms with van der Waals surface area (Å²) < 4.78 is 1.74. The van der Waals surface area contributed by atoms with Crippen LogP contribution in [-0.4, -0.2) is 33.7 Å². The van der Waals surface area contributed by atoms with Gasteiger partial charge >= 0.3 is 0 Å². The van der Waals surface area contributed by atoms with Gasteiger partial charge in [0.25, 0.3) is 5.91 Å². The zero-order valence-electron chi connectivity index (χ0n) is 7.43. The van der Waals surface area contributed by atoms with Crippen molar-refractivity contribution in [3.63, 3.8) is 0 Å². The molecule has 1 saturated heterocycles. The van der Waals surface area contributed by atoms with Crippen LogP contribution in [0.1, 0.15) is 16.9 Å². The molecular formula is C8H11N3O2. The molecule has 5 nitrogen and oxygen atoms in total. The molecule has 2 heterocycles. The highest BCUT2D eigenvalue weighted by molar-refractivity contribution is 5.91. The lowest BCUT2D eigenvalue weighted by Crippen LogP contribution is -2.26. The smallest absolute Gasteiger partial charge is 0.297 e. The van der Waals surface area contributed by atoms with Gasteiger partial charge in [-0.1, -0.05) is 0 Å². The van der Waals surface area contributed by atoms with Gasteiger partial charge in [0.1, 0.15) is 5.69 Å². The largest absolute Gasteiger partial charge is 0.340 e. The molecule has 1 amide bonds. The van der Waals surface area contributed by atoms with E-state index in [0.717, 1.165) is 6.42 Å². The van der Waals surface area contributed by atoms with Crippen molar-refractivity contribution in [2.45, 2.75) is 6.42 Å². The summed E-state index contributed by atoms with van der Waals surface area (Å²) in [5, 5.41) is 1.36. The van der Waals surface area contributed by atoms with E-state index >= 15 is 0 Å². The fourth-order valence-corrected chi connectivity index (χ4v) is 1.26. The van der Waals surface area contributed by atoms with Crippen LogP contribution in [-0.2, 0) is 11.9 Å². The first-order valence-corrected chi connectivity index (χ1v) is 4.20. The van der Waals surface area contributed by atoms with E-state index in [1.807, 2.05) is 7.05 Å². The van der Waals surface area contributed by atoms with Gasteiger partial charge in [-0.25, -0.2) is 10.0 Å². The molecule has 0 radical (unpaired) electrons. The highest BCUT2D eigenvalue weighted by Gasteiger charge is 2.22. The average Bonchev–Trinajstić information content (AvgIpc) is 2.72. The Bertz CT molecular complexity index is 315. The topological polar surface area (TPSA) is 47.4 Å². The third-order valence-corrected chi connectivity index (χ3v) is 1.90. The van der Waals surface area contributed by atoms with Gasteiger partial charge in [-0.15, -0.1) is 0 Å². The Balaban J connectivity index is 2.12. The summed E-state index contributed by atoms with van der Waals surface area (Å²) in [4.78, 5) is 20.7. The number of carbonyl (C=O) groups is 1. The SMILES string of the molecule is Cn1cnc(C(=O)N2CCCO2)c1. The second-order valence-electron chi connectivity index (χ2n) is 3.02. The number of carbonyl (C=O) groups excluding carboxylic acids is 1. The molecule has 0 N–H and O–H groups in total. The molecule has 0 bridgehead atoms. The number of hydrogen-bond acceptors (Lipinski definition) is 3. The summed E-state index contributed by atoms with van der Waals surface area (Å²) in [6.45, 7) is 1.29. The molecule has 2 rings (SSSR count). The van der Waals surface area contributed by atoms with Crippen molar-refractivity contribution in [3.8, 4) is 0 Å². The third-order valence-electron chi connectivity index (χ3n) is 1.90. The zero-order chi connectivity index (χ0) is 9.26. The van der Waals surface area contributed by atoms with Crippen LogP contribution in [0.2, 0.25) is 0 Å². The number of hydrogen-bond donors (Lipinski definition) is 0. The minimum atomic E-state index is -0.155. The molecule has 5 heteroatoms. The van der Waals surface area contributed by atoms with E-state index in [2.05, 4.69) is 4.98 Å². The first-order chi connectivity index (χ1) is 6.27. The number of rotatable bonds is 1. The van der Waals surface area contributed by atoms with Gasteiger partial charge in [0, 0.05) is 13.2 Å². The third kappa shape index (κ3) is 1.55. The van der Waals surface area contributed by atoms with Gasteiger partial charge in [-0.3, -0.25) is 9.63 Å². The van der Waals surface area contributed by atoms with Crippen molar-refractivity contribution >= 4 is 5.91 Å². The minimum Gasteiger partial charge on any atom is -0.340 e. The van der Waals surface area contributed by atoms with Crippen molar-refractivity contribution in [2.75, 3.05) is 13.2 Å². The highest BCUT2D eigenvalue weighted by atomic mass is 16.7. The molecule has 0 atom stereocenters. The predicted octanol–water partition coefficient (Wildman–Crippen LogP) is 0.198. The Morgan fingerprint density at radius 1 is 1.69 bits per heavy atom. The second kappa shape index (κ2) is 3.18. The Morgan fingerprint density at radius 3 is 3.08 bits per heavy atom. The van der Waals surface area contributed by atoms with Crippen molar-refractivity contribution < 1.29 is 9.63 Å². The zero-order valence-corrected chi connectivity index (χ0v) is 7.43. The van der Waals surface area contributed by atoms with Crippen LogP contribution in [0.5, 0.6) is 0 Å². The number of amides is 1. The van der Waals surface area contributed by atoms with Crippen LogP contribution in [0, 0.1) is 0 Å². The summed E-state index contributed by atoms with van der Waals surface area (Å²) >= 11 is 0. The average molecular weight is 181 g/mol. The fourth-order valence-electron chi connectivity index (χ4n) is 1.26. The predicted molar refractivity (Wildman–Crippen MR) is 44.8 cm³/mol. The number of hydroxylamine groups is 2. The molecule has 0 spiro atoms. The quantitative estimate of drug-likeness (QED) is 0.621. The fraction of sp³-hybridized carbons (Fsp3) is 0.500. The summed E-state index contributed by atoms with van der Waals surface area (Å²) in [6.07, 6.45) is 4.19. The maximum Gasteiger partial charge on any atom is 0.297 e. The van der Waals surface area contributed by atoms with Crippen LogP contribution < -0.4 is 0 Å². The van der Waals surface area contributed by atoms with Gasteiger partial charge in [-0.05, 0) is 6.42 Å². The van der Waals surface area contributed by atoms with E-state index in [0.29, 0.717) is 18.8 Å². The lowest BCUT2D eigenvalue weighted by atomic mass is 10.4. The Labute approximate surface area is 75.9 Å². The summed E-state index contributed by atoms with van der Waals surface area (Å²) in [6, 6.07) is 0. The van der Waals surface area contributed by atoms with E-state index in [9.17, 15) is 4.79 Å². The van der Waals surface area contributed by atoms with Gasteiger partial charge < -0.3 is 4.57 Å². The minimum absolute atomic E-state index is 0.155. The van der Waals surface area contributed by atoms with E-state index < -0.39 is 0 Å². The summed E-state index contributed by atoms with van der Waals surface area (Å²) in [5.41, 5.74) is 0.435. The number of aromatic nitrogens is 2. The van der Waals surface area contributed by atoms with Crippen LogP contribution in [0.4, 0.5) is 0 Å². The second-order valence-corrected chi connectivity index (χ2v) is 3.02. The Morgan fingerprint density at radius 2 is 2.54 bits per heavy atom. The van der Waals surface area contributed by atoms with Gasteiger partial charge in [0.15, 0.2) is 0 Å². The van der Waals surface area contributed by atoms with Crippen LogP contribution >= 0.6 is 0 Å². The van der Waals surface area contributed by atoms with E-state index in [1.165, 1.54) is 5.06 Å². The molecule has 1 aliphatic rings. The normalized spacial score (nSPS) is 16.5. The Hall–Kier alpha value is -1.36. The molecule has 0 aromatic carbocycles. The molecule has 0 unspecified atom stereocenters. The molecular weight excluding hydrogens is 170 g/mol. The van der Waals surface area contributed by atoms with Crippen molar-refractivity contribution in [2.24, 2.45) is 7.05 Å². The Kier molecular flexibility index (Phi) is 2.02. The van der Waals surface area contributed by atoms with Crippen molar-refractivity contribution in [1.82, 2.24) is 14.6 Å². The van der Waals surface area contributed by atoms with Gasteiger partial charge in [0.2, 0.25) is 0 Å². The first-order valence-electron chi connectivity index (χ1n) is 4.20. The standard InChI is InChI=1S/C8H11N3O2/c1-10-5-7(9-6-10)8(12)11-3-2-4-13-11/h5-6H,2-4H2,1H3. The molecule has 1 aromatic heterocycles. The molecule has 1 fully saturated rings. The van der Waals surface area contributed by atoms with Crippen LogP contribution in [0.25, 0.3) is 0 Å². The van der Waals surface area contributed by atoms with E-state index in [4.69, 9.17) is 4.84 Å². The van der Waals surface area contributed by atoms with E-state index in [-0.39, 0.29) is 5.91 Å². The van der Waals surface area contributed by atoms with Gasteiger partial charge in [0.05, 0.1) is 19.5 Å². The van der Waals surface area contributed by atoms with Crippen molar-refractivity contribution in [1.29, 1.82) is 0 Å². The molecule has 0 saturated carbocycles. The lowest BCUT2D eigenvalue weighted by Gasteiger charge is -2.11. The summed E-state index contributed by atoms with van der Waals surface area (Å²) in [7, 11) is 1.83. The van der Waals surface area contributed by atoms with Crippen molar-refractivity contribution in [3.05, 3.63) is 18.2 Å². The van der Waals surface area contributed by atoms with Crippen LogP contribution in [0.15, 0.2) is 12.5 Å². The number of aryl methyl sites for hydroxylation is 1. The molecule has 1 aromatic rings. The van der Waals surface area contributed by atoms with E-state index in [1.54, 1.807) is 17.1 Å². The monoisotopic (exact) mass is 181 g/mol. The molecule has 0 aliphatic carbocycles. The maximum absolute atomic E-state index is 11.6. The van der Waals surface area contributed by atoms with Gasteiger partial charge in [-0.2, -0.15) is 0 Å². The molecule has 13 heavy (non-hydrogen) atoms. The first kappa shape index (κ1) is 8.25. The highest BCUT2D eigenvalue weighted by Crippen LogP contribution is 2.08. The molecule has 70 valence electrons. The maximum atomic E-state index is 11.6. The molecule has 1 aliphatic heterocycles.